The van der Waals surface area contributed by atoms with Crippen LogP contribution in [-0.4, -0.2) is 67.6 Å². The predicted octanol–water partition coefficient (Wildman–Crippen LogP) is 1.17. The molecule has 0 unspecified atom stereocenters. The van der Waals surface area contributed by atoms with Gasteiger partial charge in [-0.05, 0) is 12.1 Å². The zero-order chi connectivity index (χ0) is 20.5. The monoisotopic (exact) mass is 428 g/mol. The summed E-state index contributed by atoms with van der Waals surface area (Å²) >= 11 is 1.21. The number of amidine groups is 1. The highest BCUT2D eigenvalue weighted by atomic mass is 32.2. The Morgan fingerprint density at radius 1 is 1.25 bits per heavy atom. The molecule has 1 aromatic carbocycles. The molecule has 0 bridgehead atoms. The standard InChI is InChI=1S/C17H20N2O7S2/c1-25-10-3-4-13(26-2)11(7-10)19-12-8-28(23,24)9-14(12)27-17(19)18-15(20)5-6-16(21)22/h3-4,7,12,14H,5-6,8-9H2,1-2H3,(H,21,22)/t12-,14+/m0/s1. The fourth-order valence-corrected chi connectivity index (χ4v) is 7.13. The van der Waals surface area contributed by atoms with Crippen molar-refractivity contribution in [3.8, 4) is 11.5 Å². The number of methoxy groups -OCH3 is 2. The van der Waals surface area contributed by atoms with Crippen molar-refractivity contribution in [2.45, 2.75) is 24.1 Å². The number of thioether (sulfide) groups is 1. The minimum Gasteiger partial charge on any atom is -0.497 e. The van der Waals surface area contributed by atoms with E-state index in [0.717, 1.165) is 0 Å². The number of carboxylic acids is 1. The van der Waals surface area contributed by atoms with Gasteiger partial charge in [0.15, 0.2) is 15.0 Å². The summed E-state index contributed by atoms with van der Waals surface area (Å²) in [6.07, 6.45) is -0.542. The van der Waals surface area contributed by atoms with Crippen molar-refractivity contribution in [3.63, 3.8) is 0 Å². The lowest BCUT2D eigenvalue weighted by Crippen LogP contribution is -2.38. The number of ether oxygens (including phenoxy) is 2. The summed E-state index contributed by atoms with van der Waals surface area (Å²) in [7, 11) is -0.203. The first-order chi connectivity index (χ1) is 13.2. The molecular weight excluding hydrogens is 408 g/mol. The molecule has 1 amide bonds. The van der Waals surface area contributed by atoms with Crippen LogP contribution >= 0.6 is 11.8 Å². The largest absolute Gasteiger partial charge is 0.497 e. The number of nitrogens with zero attached hydrogens (tertiary/aromatic N) is 2. The van der Waals surface area contributed by atoms with Gasteiger partial charge in [-0.25, -0.2) is 8.42 Å². The third-order valence-corrected chi connectivity index (χ3v) is 7.69. The number of carbonyl (C=O) groups is 2. The highest BCUT2D eigenvalue weighted by Crippen LogP contribution is 2.44. The van der Waals surface area contributed by atoms with Crippen LogP contribution in [0.5, 0.6) is 11.5 Å². The van der Waals surface area contributed by atoms with Crippen LogP contribution < -0.4 is 14.4 Å². The Morgan fingerprint density at radius 2 is 2.00 bits per heavy atom. The van der Waals surface area contributed by atoms with Crippen molar-refractivity contribution in [1.82, 2.24) is 0 Å². The van der Waals surface area contributed by atoms with E-state index in [-0.39, 0.29) is 29.6 Å². The Bertz CT molecular complexity index is 929. The van der Waals surface area contributed by atoms with Gasteiger partial charge < -0.3 is 19.5 Å². The predicted molar refractivity (Wildman–Crippen MR) is 105 cm³/mol. The number of hydrogen-bond acceptors (Lipinski definition) is 7. The molecule has 2 heterocycles. The van der Waals surface area contributed by atoms with Crippen LogP contribution in [0.25, 0.3) is 0 Å². The lowest BCUT2D eigenvalue weighted by atomic mass is 10.2. The third kappa shape index (κ3) is 4.25. The van der Waals surface area contributed by atoms with E-state index in [1.807, 2.05) is 0 Å². The number of amides is 1. The van der Waals surface area contributed by atoms with Gasteiger partial charge in [0.05, 0.1) is 43.9 Å². The Morgan fingerprint density at radius 3 is 2.64 bits per heavy atom. The SMILES string of the molecule is COc1ccc(OC)c(N2C(=NC(=O)CCC(=O)O)S[C@@H]3CS(=O)(=O)C[C@@H]32)c1. The first kappa shape index (κ1) is 20.5. The number of benzene rings is 1. The van der Waals surface area contributed by atoms with E-state index in [1.54, 1.807) is 23.1 Å². The van der Waals surface area contributed by atoms with E-state index < -0.39 is 27.8 Å². The maximum atomic E-state index is 12.1. The molecule has 9 nitrogen and oxygen atoms in total. The number of sulfone groups is 1. The van der Waals surface area contributed by atoms with Crippen molar-refractivity contribution in [3.05, 3.63) is 18.2 Å². The summed E-state index contributed by atoms with van der Waals surface area (Å²) in [5, 5.41) is 8.82. The number of hydrogen-bond donors (Lipinski definition) is 1. The molecule has 0 spiro atoms. The average molecular weight is 428 g/mol. The highest BCUT2D eigenvalue weighted by Gasteiger charge is 2.50. The summed E-state index contributed by atoms with van der Waals surface area (Å²) in [5.41, 5.74) is 0.545. The van der Waals surface area contributed by atoms with Crippen LogP contribution in [-0.2, 0) is 19.4 Å². The quantitative estimate of drug-likeness (QED) is 0.711. The smallest absolute Gasteiger partial charge is 0.303 e. The van der Waals surface area contributed by atoms with Crippen molar-refractivity contribution in [2.24, 2.45) is 4.99 Å². The first-order valence-electron chi connectivity index (χ1n) is 8.45. The second-order valence-corrected chi connectivity index (χ2v) is 9.75. The second kappa shape index (κ2) is 8.00. The van der Waals surface area contributed by atoms with Crippen molar-refractivity contribution in [2.75, 3.05) is 30.6 Å². The van der Waals surface area contributed by atoms with Crippen molar-refractivity contribution in [1.29, 1.82) is 0 Å². The number of aliphatic carboxylic acids is 1. The van der Waals surface area contributed by atoms with Crippen molar-refractivity contribution < 1.29 is 32.6 Å². The Hall–Kier alpha value is -2.27. The molecular formula is C17H20N2O7S2. The van der Waals surface area contributed by atoms with Gasteiger partial charge >= 0.3 is 5.97 Å². The number of anilines is 1. The summed E-state index contributed by atoms with van der Waals surface area (Å²) in [6, 6.07) is 4.70. The van der Waals surface area contributed by atoms with Gasteiger partial charge in [0.1, 0.15) is 11.5 Å². The van der Waals surface area contributed by atoms with E-state index in [2.05, 4.69) is 4.99 Å². The lowest BCUT2D eigenvalue weighted by molar-refractivity contribution is -0.138. The van der Waals surface area contributed by atoms with Crippen LogP contribution in [0.15, 0.2) is 23.2 Å². The van der Waals surface area contributed by atoms with E-state index >= 15 is 0 Å². The zero-order valence-electron chi connectivity index (χ0n) is 15.3. The van der Waals surface area contributed by atoms with E-state index in [0.29, 0.717) is 22.4 Å². The van der Waals surface area contributed by atoms with Crippen LogP contribution in [0.1, 0.15) is 12.8 Å². The Labute approximate surface area is 166 Å². The molecule has 28 heavy (non-hydrogen) atoms. The molecule has 2 atom stereocenters. The van der Waals surface area contributed by atoms with Gasteiger partial charge in [-0.1, -0.05) is 11.8 Å². The number of rotatable bonds is 6. The fourth-order valence-electron chi connectivity index (χ4n) is 3.21. The van der Waals surface area contributed by atoms with Gasteiger partial charge in [0.25, 0.3) is 0 Å². The van der Waals surface area contributed by atoms with Crippen LogP contribution in [0, 0.1) is 0 Å². The van der Waals surface area contributed by atoms with Crippen LogP contribution in [0.3, 0.4) is 0 Å². The normalized spacial score (nSPS) is 24.2. The molecule has 0 radical (unpaired) electrons. The number of aliphatic imine (C=N–C) groups is 1. The maximum absolute atomic E-state index is 12.1. The molecule has 2 aliphatic heterocycles. The molecule has 0 aliphatic carbocycles. The maximum Gasteiger partial charge on any atom is 0.303 e. The van der Waals surface area contributed by atoms with Gasteiger partial charge in [0.2, 0.25) is 5.91 Å². The molecule has 0 saturated carbocycles. The van der Waals surface area contributed by atoms with Gasteiger partial charge in [0, 0.05) is 17.7 Å². The molecule has 0 aromatic heterocycles. The topological polar surface area (TPSA) is 123 Å². The van der Waals surface area contributed by atoms with E-state index in [9.17, 15) is 18.0 Å². The summed E-state index contributed by atoms with van der Waals surface area (Å²) in [4.78, 5) is 28.6. The minimum atomic E-state index is -3.21. The second-order valence-electron chi connectivity index (χ2n) is 6.39. The summed E-state index contributed by atoms with van der Waals surface area (Å²) in [5.74, 6) is -0.693. The average Bonchev–Trinajstić information content (AvgIpc) is 3.10. The van der Waals surface area contributed by atoms with Crippen LogP contribution in [0.2, 0.25) is 0 Å². The summed E-state index contributed by atoms with van der Waals surface area (Å²) in [6.45, 7) is 0. The number of carboxylic acid groups (broad SMARTS) is 1. The van der Waals surface area contributed by atoms with E-state index in [1.165, 1.54) is 26.0 Å². The minimum absolute atomic E-state index is 0.00649. The van der Waals surface area contributed by atoms with E-state index in [4.69, 9.17) is 14.6 Å². The van der Waals surface area contributed by atoms with Gasteiger partial charge in [-0.15, -0.1) is 0 Å². The number of fused-ring (bicyclic) bond motifs is 1. The fraction of sp³-hybridized carbons (Fsp3) is 0.471. The highest BCUT2D eigenvalue weighted by molar-refractivity contribution is 8.16. The summed E-state index contributed by atoms with van der Waals surface area (Å²) < 4.78 is 35.0. The lowest BCUT2D eigenvalue weighted by Gasteiger charge is -2.26. The third-order valence-electron chi connectivity index (χ3n) is 4.49. The van der Waals surface area contributed by atoms with Crippen molar-refractivity contribution >= 4 is 44.3 Å². The molecule has 3 rings (SSSR count). The van der Waals surface area contributed by atoms with Gasteiger partial charge in [-0.3, -0.25) is 9.59 Å². The number of carbonyl (C=O) groups excluding carboxylic acids is 1. The molecule has 1 aromatic rings. The molecule has 11 heteroatoms. The van der Waals surface area contributed by atoms with Crippen LogP contribution in [0.4, 0.5) is 5.69 Å². The molecule has 1 N–H and O–H groups in total. The first-order valence-corrected chi connectivity index (χ1v) is 11.2. The zero-order valence-corrected chi connectivity index (χ0v) is 17.0. The van der Waals surface area contributed by atoms with Gasteiger partial charge in [-0.2, -0.15) is 4.99 Å². The molecule has 2 saturated heterocycles. The molecule has 2 aliphatic rings. The molecule has 152 valence electrons. The molecule has 2 fully saturated rings. The Kier molecular flexibility index (Phi) is 5.84. The Balaban J connectivity index is 2.02.